The van der Waals surface area contributed by atoms with Gasteiger partial charge in [0.2, 0.25) is 0 Å². The molecule has 0 amide bonds. The lowest BCUT2D eigenvalue weighted by Gasteiger charge is -2.10. The molecule has 0 fully saturated rings. The van der Waals surface area contributed by atoms with Crippen molar-refractivity contribution in [3.8, 4) is 22.5 Å². The van der Waals surface area contributed by atoms with Gasteiger partial charge in [0, 0.05) is 47.9 Å². The van der Waals surface area contributed by atoms with Crippen LogP contribution in [0.4, 0.5) is 0 Å². The maximum atomic E-state index is 4.47. The highest BCUT2D eigenvalue weighted by Crippen LogP contribution is 2.32. The normalized spacial score (nSPS) is 12.5. The maximum absolute atomic E-state index is 4.47. The predicted molar refractivity (Wildman–Crippen MR) is 274 cm³/mol. The second-order valence-corrected chi connectivity index (χ2v) is 15.9. The third-order valence-electron chi connectivity index (χ3n) is 11.6. The molecule has 320 valence electrons. The molecule has 0 N–H and O–H groups in total. The number of aliphatic imine (C=N–C) groups is 1. The van der Waals surface area contributed by atoms with Crippen LogP contribution < -0.4 is 0 Å². The number of rotatable bonds is 10. The van der Waals surface area contributed by atoms with Crippen LogP contribution in [0.25, 0.3) is 49.6 Å². The highest BCUT2D eigenvalue weighted by molar-refractivity contribution is 6.13. The van der Waals surface area contributed by atoms with Crippen LogP contribution in [-0.4, -0.2) is 20.7 Å². The Morgan fingerprint density at radius 3 is 1.47 bits per heavy atom. The summed E-state index contributed by atoms with van der Waals surface area (Å²) in [6.45, 7) is 8.83. The first-order valence-corrected chi connectivity index (χ1v) is 23.1. The van der Waals surface area contributed by atoms with E-state index in [-0.39, 0.29) is 0 Å². The molecule has 0 bridgehead atoms. The van der Waals surface area contributed by atoms with Crippen molar-refractivity contribution in [2.24, 2.45) is 4.99 Å². The van der Waals surface area contributed by atoms with Crippen molar-refractivity contribution >= 4 is 32.8 Å². The number of fused-ring (bicyclic) bond motifs is 2. The van der Waals surface area contributed by atoms with Gasteiger partial charge in [-0.15, -0.1) is 0 Å². The second kappa shape index (κ2) is 23.4. The van der Waals surface area contributed by atoms with Crippen molar-refractivity contribution < 1.29 is 0 Å². The summed E-state index contributed by atoms with van der Waals surface area (Å²) in [6.07, 6.45) is 22.9. The quantitative estimate of drug-likeness (QED) is 0.138. The molecular formula is C60H60N4. The Kier molecular flexibility index (Phi) is 16.5. The van der Waals surface area contributed by atoms with E-state index in [1.165, 1.54) is 91.0 Å². The van der Waals surface area contributed by atoms with E-state index < -0.39 is 0 Å². The molecule has 5 aromatic carbocycles. The lowest BCUT2D eigenvalue weighted by molar-refractivity contribution is 0.889. The van der Waals surface area contributed by atoms with Gasteiger partial charge in [-0.3, -0.25) is 19.9 Å². The molecule has 4 heterocycles. The van der Waals surface area contributed by atoms with E-state index in [0.29, 0.717) is 0 Å². The number of hydrogen-bond donors (Lipinski definition) is 0. The zero-order valence-electron chi connectivity index (χ0n) is 37.9. The van der Waals surface area contributed by atoms with Crippen LogP contribution in [-0.2, 0) is 19.3 Å². The molecular weight excluding hydrogens is 777 g/mol. The highest BCUT2D eigenvalue weighted by Gasteiger charge is 2.13. The fourth-order valence-electron chi connectivity index (χ4n) is 8.60. The van der Waals surface area contributed by atoms with Crippen molar-refractivity contribution in [3.63, 3.8) is 0 Å². The third kappa shape index (κ3) is 11.3. The molecule has 10 rings (SSSR count). The Hall–Kier alpha value is -7.04. The average Bonchev–Trinajstić information content (AvgIpc) is 4.09. The molecule has 0 radical (unpaired) electrons. The molecule has 3 aromatic heterocycles. The third-order valence-corrected chi connectivity index (χ3v) is 11.6. The average molecular weight is 837 g/mol. The van der Waals surface area contributed by atoms with E-state index in [0.717, 1.165) is 49.2 Å². The van der Waals surface area contributed by atoms with Gasteiger partial charge in [-0.1, -0.05) is 180 Å². The maximum Gasteiger partial charge on any atom is 0.0708 e. The smallest absolute Gasteiger partial charge is 0.0708 e. The number of benzene rings is 5. The molecule has 0 unspecified atom stereocenters. The van der Waals surface area contributed by atoms with Crippen LogP contribution in [0.3, 0.4) is 0 Å². The summed E-state index contributed by atoms with van der Waals surface area (Å²) in [5.74, 6) is 0. The molecule has 64 heavy (non-hydrogen) atoms. The van der Waals surface area contributed by atoms with Gasteiger partial charge >= 0.3 is 0 Å². The van der Waals surface area contributed by atoms with Crippen LogP contribution in [0.5, 0.6) is 0 Å². The lowest BCUT2D eigenvalue weighted by atomic mass is 9.94. The van der Waals surface area contributed by atoms with E-state index in [1.807, 2.05) is 61.2 Å². The van der Waals surface area contributed by atoms with E-state index in [2.05, 4.69) is 181 Å². The van der Waals surface area contributed by atoms with Crippen LogP contribution in [0.15, 0.2) is 205 Å². The van der Waals surface area contributed by atoms with Crippen molar-refractivity contribution in [3.05, 3.63) is 228 Å². The predicted octanol–water partition coefficient (Wildman–Crippen LogP) is 15.9. The summed E-state index contributed by atoms with van der Waals surface area (Å²) in [6, 6.07) is 52.7. The minimum Gasteiger partial charge on any atom is -0.261 e. The molecule has 2 aliphatic rings. The van der Waals surface area contributed by atoms with Crippen molar-refractivity contribution in [1.29, 1.82) is 0 Å². The van der Waals surface area contributed by atoms with Gasteiger partial charge in [-0.2, -0.15) is 0 Å². The van der Waals surface area contributed by atoms with Crippen LogP contribution in [0, 0.1) is 0 Å². The summed E-state index contributed by atoms with van der Waals surface area (Å²) in [5, 5.41) is 5.31. The number of aromatic nitrogens is 3. The monoisotopic (exact) mass is 836 g/mol. The van der Waals surface area contributed by atoms with E-state index in [9.17, 15) is 0 Å². The first kappa shape index (κ1) is 45.0. The number of allylic oxidation sites excluding steroid dienone is 5. The van der Waals surface area contributed by atoms with Gasteiger partial charge in [0.15, 0.2) is 0 Å². The molecule has 0 saturated carbocycles. The Bertz CT molecular complexity index is 2840. The van der Waals surface area contributed by atoms with Crippen LogP contribution in [0.1, 0.15) is 87.7 Å². The Labute approximate surface area is 381 Å². The minimum absolute atomic E-state index is 0.956. The standard InChI is InChI=1S/C17H15N.C16H15N.C14H15N.C13H15N/c1-2-13-7-5-8-14-9-6-10-15(17(13)14)16-11-3-4-12-18-16;1-2-12-6-3-7-13-8-4-9-14(16(12)13)15-10-5-11-17-15;1-2-7-12-8-3-4-9-13(12)14-10-5-6-11-15-14;1-2-6-11-7-5-8-12(11)13-9-3-4-10-14-13/h3-12H,2H2,1H3;3-9,11H,2,10H2,1H3;3-6,8-11H,2,7H2,1H3;3-5,8-10H,2,6-7H2,1H3. The number of pyridine rings is 3. The first-order chi connectivity index (χ1) is 31.6. The molecule has 4 heteroatoms. The van der Waals surface area contributed by atoms with Gasteiger partial charge in [-0.05, 0) is 112 Å². The molecule has 8 aromatic rings. The summed E-state index contributed by atoms with van der Waals surface area (Å²) in [4.78, 5) is 17.7. The molecule has 0 spiro atoms. The number of aryl methyl sites for hydroxylation is 3. The zero-order chi connectivity index (χ0) is 44.4. The summed E-state index contributed by atoms with van der Waals surface area (Å²) in [7, 11) is 0. The van der Waals surface area contributed by atoms with Gasteiger partial charge < -0.3 is 0 Å². The van der Waals surface area contributed by atoms with E-state index >= 15 is 0 Å². The number of hydrogen-bond acceptors (Lipinski definition) is 4. The SMILES string of the molecule is CCCC1=C(c2ccccn2)C=CC1.CCCc1ccccc1-c1ccccn1.CCc1cccc2cccc(-c3ccccn3)c12.CCc1cccc2cccc(C3=NC=CC3)c12. The van der Waals surface area contributed by atoms with Gasteiger partial charge in [0.05, 0.1) is 22.8 Å². The fraction of sp³-hybridized carbons (Fsp3) is 0.200. The van der Waals surface area contributed by atoms with Gasteiger partial charge in [-0.25, -0.2) is 0 Å². The van der Waals surface area contributed by atoms with Gasteiger partial charge in [0.25, 0.3) is 0 Å². The first-order valence-electron chi connectivity index (χ1n) is 23.1. The second-order valence-electron chi connectivity index (χ2n) is 15.9. The summed E-state index contributed by atoms with van der Waals surface area (Å²) < 4.78 is 0. The Morgan fingerprint density at radius 2 is 0.922 bits per heavy atom. The largest absolute Gasteiger partial charge is 0.261 e. The number of nitrogens with zero attached hydrogens (tertiary/aromatic N) is 4. The zero-order valence-corrected chi connectivity index (χ0v) is 37.9. The minimum atomic E-state index is 0.956. The van der Waals surface area contributed by atoms with Crippen molar-refractivity contribution in [2.45, 2.75) is 79.1 Å². The van der Waals surface area contributed by atoms with Crippen molar-refractivity contribution in [1.82, 2.24) is 15.0 Å². The van der Waals surface area contributed by atoms with E-state index in [1.54, 1.807) is 0 Å². The molecule has 1 aliphatic heterocycles. The molecule has 1 aliphatic carbocycles. The summed E-state index contributed by atoms with van der Waals surface area (Å²) in [5.41, 5.74) is 15.3. The Balaban J connectivity index is 0.000000128. The molecule has 0 saturated heterocycles. The summed E-state index contributed by atoms with van der Waals surface area (Å²) >= 11 is 0. The van der Waals surface area contributed by atoms with E-state index in [4.69, 9.17) is 0 Å². The molecule has 0 atom stereocenters. The Morgan fingerprint density at radius 1 is 0.422 bits per heavy atom. The fourth-order valence-corrected chi connectivity index (χ4v) is 8.60. The van der Waals surface area contributed by atoms with Crippen molar-refractivity contribution in [2.75, 3.05) is 0 Å². The topological polar surface area (TPSA) is 51.0 Å². The highest BCUT2D eigenvalue weighted by atomic mass is 14.7. The van der Waals surface area contributed by atoms with Crippen LogP contribution >= 0.6 is 0 Å². The lowest BCUT2D eigenvalue weighted by Crippen LogP contribution is -1.99. The van der Waals surface area contributed by atoms with Gasteiger partial charge in [0.1, 0.15) is 0 Å². The van der Waals surface area contributed by atoms with Crippen LogP contribution in [0.2, 0.25) is 0 Å². The molecule has 4 nitrogen and oxygen atoms in total.